The zero-order valence-electron chi connectivity index (χ0n) is 10.7. The Labute approximate surface area is 102 Å². The molecule has 0 aliphatic carbocycles. The van der Waals surface area contributed by atoms with Crippen molar-refractivity contribution < 1.29 is 9.90 Å². The fourth-order valence-electron chi connectivity index (χ4n) is 1.79. The van der Waals surface area contributed by atoms with E-state index in [1.165, 1.54) is 0 Å². The van der Waals surface area contributed by atoms with Crippen molar-refractivity contribution >= 4 is 11.8 Å². The SMILES string of the molecule is CCCc1cc(C(=O)O)cc(N(CC)CC)n1. The van der Waals surface area contributed by atoms with Crippen molar-refractivity contribution in [3.05, 3.63) is 23.4 Å². The Morgan fingerprint density at radius 1 is 1.29 bits per heavy atom. The number of hydrogen-bond donors (Lipinski definition) is 1. The lowest BCUT2D eigenvalue weighted by atomic mass is 10.1. The highest BCUT2D eigenvalue weighted by molar-refractivity contribution is 5.88. The summed E-state index contributed by atoms with van der Waals surface area (Å²) >= 11 is 0. The van der Waals surface area contributed by atoms with E-state index in [0.29, 0.717) is 5.56 Å². The van der Waals surface area contributed by atoms with Crippen molar-refractivity contribution in [1.29, 1.82) is 0 Å². The smallest absolute Gasteiger partial charge is 0.335 e. The molecule has 94 valence electrons. The van der Waals surface area contributed by atoms with Gasteiger partial charge < -0.3 is 10.0 Å². The molecule has 17 heavy (non-hydrogen) atoms. The molecule has 0 unspecified atom stereocenters. The van der Waals surface area contributed by atoms with Crippen LogP contribution in [0.3, 0.4) is 0 Å². The summed E-state index contributed by atoms with van der Waals surface area (Å²) in [7, 11) is 0. The number of aromatic carboxylic acids is 1. The van der Waals surface area contributed by atoms with Gasteiger partial charge in [0.25, 0.3) is 0 Å². The van der Waals surface area contributed by atoms with Crippen LogP contribution in [0.4, 0.5) is 5.82 Å². The van der Waals surface area contributed by atoms with Crippen LogP contribution in [0.25, 0.3) is 0 Å². The van der Waals surface area contributed by atoms with Crippen molar-refractivity contribution in [1.82, 2.24) is 4.98 Å². The van der Waals surface area contributed by atoms with E-state index in [9.17, 15) is 4.79 Å². The fraction of sp³-hybridized carbons (Fsp3) is 0.538. The number of hydrogen-bond acceptors (Lipinski definition) is 3. The number of aryl methyl sites for hydroxylation is 1. The van der Waals surface area contributed by atoms with Crippen LogP contribution in [0.15, 0.2) is 12.1 Å². The lowest BCUT2D eigenvalue weighted by molar-refractivity contribution is 0.0696. The van der Waals surface area contributed by atoms with E-state index in [2.05, 4.69) is 16.8 Å². The van der Waals surface area contributed by atoms with E-state index < -0.39 is 5.97 Å². The van der Waals surface area contributed by atoms with Gasteiger partial charge >= 0.3 is 5.97 Å². The number of rotatable bonds is 6. The minimum atomic E-state index is -0.891. The Morgan fingerprint density at radius 3 is 2.41 bits per heavy atom. The van der Waals surface area contributed by atoms with E-state index in [1.807, 2.05) is 13.8 Å². The van der Waals surface area contributed by atoms with Crippen molar-refractivity contribution in [2.24, 2.45) is 0 Å². The number of carboxylic acid groups (broad SMARTS) is 1. The van der Waals surface area contributed by atoms with Crippen molar-refractivity contribution in [2.45, 2.75) is 33.6 Å². The summed E-state index contributed by atoms with van der Waals surface area (Å²) in [4.78, 5) is 17.6. The molecular weight excluding hydrogens is 216 g/mol. The molecular formula is C13H20N2O2. The summed E-state index contributed by atoms with van der Waals surface area (Å²) in [6.45, 7) is 7.80. The van der Waals surface area contributed by atoms with Crippen LogP contribution in [0.5, 0.6) is 0 Å². The molecule has 1 aromatic heterocycles. The van der Waals surface area contributed by atoms with Crippen LogP contribution in [0, 0.1) is 0 Å². The maximum Gasteiger partial charge on any atom is 0.335 e. The number of carbonyl (C=O) groups is 1. The van der Waals surface area contributed by atoms with E-state index in [0.717, 1.165) is 37.4 Å². The van der Waals surface area contributed by atoms with Crippen molar-refractivity contribution in [2.75, 3.05) is 18.0 Å². The number of nitrogens with zero attached hydrogens (tertiary/aromatic N) is 2. The molecule has 0 amide bonds. The molecule has 0 spiro atoms. The average Bonchev–Trinajstić information content (AvgIpc) is 2.31. The monoisotopic (exact) mass is 236 g/mol. The molecule has 1 aromatic rings. The predicted octanol–water partition coefficient (Wildman–Crippen LogP) is 2.58. The van der Waals surface area contributed by atoms with Crippen LogP contribution in [-0.2, 0) is 6.42 Å². The second kappa shape index (κ2) is 6.23. The minimum absolute atomic E-state index is 0.324. The third kappa shape index (κ3) is 3.44. The maximum absolute atomic E-state index is 11.1. The predicted molar refractivity (Wildman–Crippen MR) is 68.8 cm³/mol. The second-order valence-corrected chi connectivity index (χ2v) is 3.93. The lowest BCUT2D eigenvalue weighted by Gasteiger charge is -2.20. The van der Waals surface area contributed by atoms with Crippen molar-refractivity contribution in [3.8, 4) is 0 Å². The van der Waals surface area contributed by atoms with E-state index in [4.69, 9.17) is 5.11 Å². The summed E-state index contributed by atoms with van der Waals surface area (Å²) in [6.07, 6.45) is 1.78. The third-order valence-corrected chi connectivity index (χ3v) is 2.71. The number of anilines is 1. The van der Waals surface area contributed by atoms with Gasteiger partial charge in [-0.25, -0.2) is 9.78 Å². The van der Waals surface area contributed by atoms with Crippen LogP contribution in [-0.4, -0.2) is 29.1 Å². The number of aromatic nitrogens is 1. The van der Waals surface area contributed by atoms with Crippen LogP contribution in [0.2, 0.25) is 0 Å². The van der Waals surface area contributed by atoms with Crippen molar-refractivity contribution in [3.63, 3.8) is 0 Å². The molecule has 1 heterocycles. The van der Waals surface area contributed by atoms with E-state index >= 15 is 0 Å². The van der Waals surface area contributed by atoms with Gasteiger partial charge in [0, 0.05) is 18.8 Å². The first kappa shape index (κ1) is 13.5. The Hall–Kier alpha value is -1.58. The van der Waals surface area contributed by atoms with Gasteiger partial charge in [0.15, 0.2) is 0 Å². The molecule has 0 saturated carbocycles. The van der Waals surface area contributed by atoms with Gasteiger partial charge in [0.2, 0.25) is 0 Å². The first-order valence-electron chi connectivity index (χ1n) is 6.11. The lowest BCUT2D eigenvalue weighted by Crippen LogP contribution is -2.23. The van der Waals surface area contributed by atoms with Crippen LogP contribution >= 0.6 is 0 Å². The molecule has 1 rings (SSSR count). The minimum Gasteiger partial charge on any atom is -0.478 e. The summed E-state index contributed by atoms with van der Waals surface area (Å²) < 4.78 is 0. The molecule has 0 radical (unpaired) electrons. The van der Waals surface area contributed by atoms with E-state index in [1.54, 1.807) is 12.1 Å². The molecule has 0 aromatic carbocycles. The molecule has 4 nitrogen and oxygen atoms in total. The molecule has 0 aliphatic rings. The molecule has 0 saturated heterocycles. The molecule has 4 heteroatoms. The Morgan fingerprint density at radius 2 is 1.94 bits per heavy atom. The first-order chi connectivity index (χ1) is 8.12. The van der Waals surface area contributed by atoms with Gasteiger partial charge in [-0.05, 0) is 32.4 Å². The third-order valence-electron chi connectivity index (χ3n) is 2.71. The second-order valence-electron chi connectivity index (χ2n) is 3.93. The summed E-state index contributed by atoms with van der Waals surface area (Å²) in [5.74, 6) is -0.128. The molecule has 1 N–H and O–H groups in total. The zero-order valence-corrected chi connectivity index (χ0v) is 10.7. The number of carboxylic acids is 1. The Kier molecular flexibility index (Phi) is 4.94. The highest BCUT2D eigenvalue weighted by Crippen LogP contribution is 2.16. The number of pyridine rings is 1. The highest BCUT2D eigenvalue weighted by atomic mass is 16.4. The largest absolute Gasteiger partial charge is 0.478 e. The quantitative estimate of drug-likeness (QED) is 0.824. The van der Waals surface area contributed by atoms with Gasteiger partial charge in [-0.1, -0.05) is 13.3 Å². The Balaban J connectivity index is 3.15. The topological polar surface area (TPSA) is 53.4 Å². The Bertz CT molecular complexity index is 387. The fourth-order valence-corrected chi connectivity index (χ4v) is 1.79. The van der Waals surface area contributed by atoms with Gasteiger partial charge in [-0.15, -0.1) is 0 Å². The average molecular weight is 236 g/mol. The maximum atomic E-state index is 11.1. The molecule has 0 aliphatic heterocycles. The van der Waals surface area contributed by atoms with Gasteiger partial charge in [-0.3, -0.25) is 0 Å². The van der Waals surface area contributed by atoms with Crippen LogP contribution < -0.4 is 4.90 Å². The van der Waals surface area contributed by atoms with Crippen LogP contribution in [0.1, 0.15) is 43.2 Å². The molecule has 0 fully saturated rings. The standard InChI is InChI=1S/C13H20N2O2/c1-4-7-11-8-10(13(16)17)9-12(14-11)15(5-2)6-3/h8-9H,4-7H2,1-3H3,(H,16,17). The first-order valence-corrected chi connectivity index (χ1v) is 6.11. The van der Waals surface area contributed by atoms with Gasteiger partial charge in [0.1, 0.15) is 5.82 Å². The normalized spacial score (nSPS) is 10.3. The summed E-state index contributed by atoms with van der Waals surface area (Å²) in [6, 6.07) is 3.31. The zero-order chi connectivity index (χ0) is 12.8. The molecule has 0 bridgehead atoms. The van der Waals surface area contributed by atoms with E-state index in [-0.39, 0.29) is 0 Å². The van der Waals surface area contributed by atoms with Gasteiger partial charge in [-0.2, -0.15) is 0 Å². The highest BCUT2D eigenvalue weighted by Gasteiger charge is 2.11. The van der Waals surface area contributed by atoms with Gasteiger partial charge in [0.05, 0.1) is 5.56 Å². The molecule has 0 atom stereocenters. The summed E-state index contributed by atoms with van der Waals surface area (Å²) in [5.41, 5.74) is 1.18. The summed E-state index contributed by atoms with van der Waals surface area (Å²) in [5, 5.41) is 9.08.